The molecule has 0 amide bonds. The highest BCUT2D eigenvalue weighted by atomic mass is 32.1. The van der Waals surface area contributed by atoms with Gasteiger partial charge in [-0.15, -0.1) is 11.3 Å². The highest BCUT2D eigenvalue weighted by Crippen LogP contribution is 2.16. The van der Waals surface area contributed by atoms with Gasteiger partial charge in [0.25, 0.3) is 0 Å². The van der Waals surface area contributed by atoms with Crippen LogP contribution in [0, 0.1) is 0 Å². The summed E-state index contributed by atoms with van der Waals surface area (Å²) < 4.78 is 5.33. The molecule has 0 aromatic carbocycles. The molecule has 11 heavy (non-hydrogen) atoms. The molecule has 2 N–H and O–H groups in total. The molecule has 0 saturated heterocycles. The van der Waals surface area contributed by atoms with E-state index in [1.165, 1.54) is 11.3 Å². The van der Waals surface area contributed by atoms with Crippen molar-refractivity contribution in [3.63, 3.8) is 0 Å². The van der Waals surface area contributed by atoms with Gasteiger partial charge in [-0.25, -0.2) is 4.98 Å². The van der Waals surface area contributed by atoms with Crippen LogP contribution >= 0.6 is 11.3 Å². The van der Waals surface area contributed by atoms with Crippen molar-refractivity contribution in [2.45, 2.75) is 26.6 Å². The van der Waals surface area contributed by atoms with E-state index < -0.39 is 0 Å². The van der Waals surface area contributed by atoms with Gasteiger partial charge in [0.1, 0.15) is 10.7 Å². The van der Waals surface area contributed by atoms with Crippen LogP contribution in [0.3, 0.4) is 0 Å². The fourth-order valence-corrected chi connectivity index (χ4v) is 1.17. The highest BCUT2D eigenvalue weighted by Gasteiger charge is 2.02. The molecule has 62 valence electrons. The van der Waals surface area contributed by atoms with E-state index in [9.17, 15) is 0 Å². The lowest BCUT2D eigenvalue weighted by Crippen LogP contribution is -2.03. The molecule has 1 rings (SSSR count). The Morgan fingerprint density at radius 2 is 2.45 bits per heavy atom. The summed E-state index contributed by atoms with van der Waals surface area (Å²) in [5.74, 6) is 0. The summed E-state index contributed by atoms with van der Waals surface area (Å²) in [4.78, 5) is 4.06. The van der Waals surface area contributed by atoms with Crippen molar-refractivity contribution < 1.29 is 4.74 Å². The predicted molar refractivity (Wildman–Crippen MR) is 46.5 cm³/mol. The van der Waals surface area contributed by atoms with E-state index in [1.807, 2.05) is 13.8 Å². The molecule has 0 radical (unpaired) electrons. The minimum atomic E-state index is 0.232. The third kappa shape index (κ3) is 2.48. The lowest BCUT2D eigenvalue weighted by Gasteiger charge is -2.04. The van der Waals surface area contributed by atoms with Crippen LogP contribution in [0.5, 0.6) is 0 Å². The zero-order valence-electron chi connectivity index (χ0n) is 6.70. The largest absolute Gasteiger partial charge is 0.389 e. The average Bonchev–Trinajstić information content (AvgIpc) is 2.31. The normalized spacial score (nSPS) is 10.8. The Morgan fingerprint density at radius 1 is 1.73 bits per heavy atom. The van der Waals surface area contributed by atoms with Crippen molar-refractivity contribution in [1.29, 1.82) is 0 Å². The first kappa shape index (κ1) is 8.49. The fraction of sp³-hybridized carbons (Fsp3) is 0.571. The Morgan fingerprint density at radius 3 is 2.91 bits per heavy atom. The second-order valence-electron chi connectivity index (χ2n) is 2.52. The molecule has 0 spiro atoms. The maximum absolute atomic E-state index is 5.60. The van der Waals surface area contributed by atoms with E-state index in [1.54, 1.807) is 5.51 Å². The van der Waals surface area contributed by atoms with Gasteiger partial charge in [-0.05, 0) is 13.8 Å². The van der Waals surface area contributed by atoms with Crippen molar-refractivity contribution in [1.82, 2.24) is 4.98 Å². The minimum absolute atomic E-state index is 0.232. The number of nitrogens with two attached hydrogens (primary N) is 1. The predicted octanol–water partition coefficient (Wildman–Crippen LogP) is 1.65. The van der Waals surface area contributed by atoms with Gasteiger partial charge in [0.15, 0.2) is 0 Å². The standard InChI is InChI=1S/C7H12N2OS/c1-5(2)10-3-6-7(8)11-4-9-6/h4-5H,3,8H2,1-2H3. The smallest absolute Gasteiger partial charge is 0.111 e. The van der Waals surface area contributed by atoms with E-state index in [2.05, 4.69) is 4.98 Å². The fourth-order valence-electron chi connectivity index (χ4n) is 0.632. The summed E-state index contributed by atoms with van der Waals surface area (Å²) in [7, 11) is 0. The summed E-state index contributed by atoms with van der Waals surface area (Å²) in [6, 6.07) is 0. The van der Waals surface area contributed by atoms with Crippen LogP contribution in [0.4, 0.5) is 5.00 Å². The molecule has 0 fully saturated rings. The minimum Gasteiger partial charge on any atom is -0.389 e. The van der Waals surface area contributed by atoms with Crippen molar-refractivity contribution >= 4 is 16.3 Å². The molecular formula is C7H12N2OS. The van der Waals surface area contributed by atoms with Gasteiger partial charge in [-0.2, -0.15) is 0 Å². The van der Waals surface area contributed by atoms with Crippen molar-refractivity contribution in [2.24, 2.45) is 0 Å². The number of anilines is 1. The Labute approximate surface area is 70.2 Å². The molecule has 0 aliphatic carbocycles. The molecule has 0 saturated carbocycles. The quantitative estimate of drug-likeness (QED) is 0.754. The molecule has 1 aromatic rings. The van der Waals surface area contributed by atoms with Gasteiger partial charge in [0.05, 0.1) is 18.2 Å². The summed E-state index contributed by atoms with van der Waals surface area (Å²) in [6.07, 6.45) is 0.232. The Bertz CT molecular complexity index is 222. The summed E-state index contributed by atoms with van der Waals surface area (Å²) in [5, 5.41) is 0.755. The molecule has 0 atom stereocenters. The van der Waals surface area contributed by atoms with Crippen LogP contribution in [-0.2, 0) is 11.3 Å². The third-order valence-corrected chi connectivity index (χ3v) is 1.93. The van der Waals surface area contributed by atoms with Crippen LogP contribution in [0.1, 0.15) is 19.5 Å². The third-order valence-electron chi connectivity index (χ3n) is 1.23. The summed E-state index contributed by atoms with van der Waals surface area (Å²) in [5.41, 5.74) is 8.18. The van der Waals surface area contributed by atoms with Crippen LogP contribution in [0.15, 0.2) is 5.51 Å². The second-order valence-corrected chi connectivity index (χ2v) is 3.41. The zero-order chi connectivity index (χ0) is 8.27. The number of ether oxygens (including phenoxy) is 1. The SMILES string of the molecule is CC(C)OCc1ncsc1N. The van der Waals surface area contributed by atoms with E-state index in [0.29, 0.717) is 6.61 Å². The average molecular weight is 172 g/mol. The number of hydrogen-bond acceptors (Lipinski definition) is 4. The van der Waals surface area contributed by atoms with E-state index in [-0.39, 0.29) is 6.10 Å². The van der Waals surface area contributed by atoms with E-state index in [0.717, 1.165) is 10.7 Å². The van der Waals surface area contributed by atoms with Crippen LogP contribution in [0.2, 0.25) is 0 Å². The van der Waals surface area contributed by atoms with Gasteiger partial charge >= 0.3 is 0 Å². The molecule has 1 aromatic heterocycles. The van der Waals surface area contributed by atoms with Gasteiger partial charge in [-0.3, -0.25) is 0 Å². The number of hydrogen-bond donors (Lipinski definition) is 1. The van der Waals surface area contributed by atoms with Gasteiger partial charge in [-0.1, -0.05) is 0 Å². The number of thiazole rings is 1. The number of aromatic nitrogens is 1. The van der Waals surface area contributed by atoms with Crippen LogP contribution in [0.25, 0.3) is 0 Å². The molecule has 1 heterocycles. The number of nitrogen functional groups attached to an aromatic ring is 1. The summed E-state index contributed by atoms with van der Waals surface area (Å²) >= 11 is 1.44. The maximum atomic E-state index is 5.60. The van der Waals surface area contributed by atoms with Gasteiger partial charge in [0.2, 0.25) is 0 Å². The Hall–Kier alpha value is -0.610. The monoisotopic (exact) mass is 172 g/mol. The second kappa shape index (κ2) is 3.69. The highest BCUT2D eigenvalue weighted by molar-refractivity contribution is 7.13. The Balaban J connectivity index is 2.44. The number of nitrogens with zero attached hydrogens (tertiary/aromatic N) is 1. The first-order chi connectivity index (χ1) is 5.20. The topological polar surface area (TPSA) is 48.1 Å². The maximum Gasteiger partial charge on any atom is 0.111 e. The van der Waals surface area contributed by atoms with Gasteiger partial charge in [0, 0.05) is 0 Å². The molecule has 4 heteroatoms. The number of rotatable bonds is 3. The molecule has 0 aliphatic rings. The lowest BCUT2D eigenvalue weighted by atomic mass is 10.4. The molecule has 0 aliphatic heterocycles. The first-order valence-corrected chi connectivity index (χ1v) is 4.37. The molecule has 0 unspecified atom stereocenters. The lowest BCUT2D eigenvalue weighted by molar-refractivity contribution is 0.0642. The molecular weight excluding hydrogens is 160 g/mol. The van der Waals surface area contributed by atoms with Crippen molar-refractivity contribution in [3.05, 3.63) is 11.2 Å². The summed E-state index contributed by atoms with van der Waals surface area (Å²) in [6.45, 7) is 4.50. The van der Waals surface area contributed by atoms with Crippen molar-refractivity contribution in [3.8, 4) is 0 Å². The van der Waals surface area contributed by atoms with Crippen molar-refractivity contribution in [2.75, 3.05) is 5.73 Å². The van der Waals surface area contributed by atoms with E-state index >= 15 is 0 Å². The Kier molecular flexibility index (Phi) is 2.84. The van der Waals surface area contributed by atoms with E-state index in [4.69, 9.17) is 10.5 Å². The van der Waals surface area contributed by atoms with Crippen LogP contribution in [-0.4, -0.2) is 11.1 Å². The van der Waals surface area contributed by atoms with Crippen LogP contribution < -0.4 is 5.73 Å². The zero-order valence-corrected chi connectivity index (χ0v) is 7.52. The van der Waals surface area contributed by atoms with Gasteiger partial charge < -0.3 is 10.5 Å². The molecule has 0 bridgehead atoms. The first-order valence-electron chi connectivity index (χ1n) is 3.49. The molecule has 3 nitrogen and oxygen atoms in total.